The molecule has 1 unspecified atom stereocenters. The van der Waals surface area contributed by atoms with Gasteiger partial charge in [-0.3, -0.25) is 4.79 Å². The van der Waals surface area contributed by atoms with E-state index in [-0.39, 0.29) is 5.91 Å². The maximum Gasteiger partial charge on any atom is 0.274 e. The lowest BCUT2D eigenvalue weighted by molar-refractivity contribution is 0.0676. The van der Waals surface area contributed by atoms with E-state index in [1.54, 1.807) is 12.1 Å². The quantitative estimate of drug-likeness (QED) is 0.913. The fourth-order valence-corrected chi connectivity index (χ4v) is 3.32. The van der Waals surface area contributed by atoms with Crippen molar-refractivity contribution in [1.29, 1.82) is 0 Å². The van der Waals surface area contributed by atoms with Crippen molar-refractivity contribution in [3.05, 3.63) is 36.0 Å². The highest BCUT2D eigenvalue weighted by Crippen LogP contribution is 2.33. The zero-order valence-corrected chi connectivity index (χ0v) is 14.8. The summed E-state index contributed by atoms with van der Waals surface area (Å²) in [6.45, 7) is 4.87. The average Bonchev–Trinajstić information content (AvgIpc) is 2.68. The molecule has 3 heterocycles. The van der Waals surface area contributed by atoms with Crippen molar-refractivity contribution in [3.63, 3.8) is 0 Å². The molecular weight excluding hydrogens is 332 g/mol. The number of nitrogens with one attached hydrogen (secondary N) is 1. The van der Waals surface area contributed by atoms with E-state index in [4.69, 9.17) is 9.47 Å². The van der Waals surface area contributed by atoms with E-state index in [2.05, 4.69) is 22.4 Å². The summed E-state index contributed by atoms with van der Waals surface area (Å²) < 4.78 is 11.1. The Labute approximate surface area is 152 Å². The molecule has 1 atom stereocenters. The molecule has 2 aliphatic heterocycles. The van der Waals surface area contributed by atoms with Gasteiger partial charge in [0, 0.05) is 24.8 Å². The normalized spacial score (nSPS) is 19.1. The lowest BCUT2D eigenvalue weighted by Crippen LogP contribution is -2.39. The van der Waals surface area contributed by atoms with Gasteiger partial charge in [0.2, 0.25) is 0 Å². The number of piperidine rings is 1. The second-order valence-electron chi connectivity index (χ2n) is 6.79. The van der Waals surface area contributed by atoms with Crippen LogP contribution in [0.15, 0.2) is 30.3 Å². The topological polar surface area (TPSA) is 76.6 Å². The number of hydrogen-bond acceptors (Lipinski definition) is 6. The highest BCUT2D eigenvalue weighted by atomic mass is 16.6. The van der Waals surface area contributed by atoms with Gasteiger partial charge < -0.3 is 19.7 Å². The molecule has 26 heavy (non-hydrogen) atoms. The summed E-state index contributed by atoms with van der Waals surface area (Å²) in [6.07, 6.45) is 2.22. The molecule has 1 aromatic heterocycles. The number of hydrogen-bond donors (Lipinski definition) is 1. The molecular formula is C19H22N4O3. The lowest BCUT2D eigenvalue weighted by Gasteiger charge is -2.30. The van der Waals surface area contributed by atoms with Crippen LogP contribution in [0, 0.1) is 5.92 Å². The fourth-order valence-electron chi connectivity index (χ4n) is 3.32. The van der Waals surface area contributed by atoms with Crippen molar-refractivity contribution in [1.82, 2.24) is 15.1 Å². The summed E-state index contributed by atoms with van der Waals surface area (Å²) in [5.74, 6) is 2.52. The van der Waals surface area contributed by atoms with E-state index >= 15 is 0 Å². The summed E-state index contributed by atoms with van der Waals surface area (Å²) in [7, 11) is 0. The Balaban J connectivity index is 1.43. The van der Waals surface area contributed by atoms with Crippen LogP contribution in [0.4, 0.5) is 11.5 Å². The first kappa shape index (κ1) is 16.6. The largest absolute Gasteiger partial charge is 0.486 e. The van der Waals surface area contributed by atoms with Crippen LogP contribution in [-0.2, 0) is 0 Å². The Kier molecular flexibility index (Phi) is 4.60. The van der Waals surface area contributed by atoms with E-state index in [0.29, 0.717) is 36.4 Å². The van der Waals surface area contributed by atoms with Gasteiger partial charge in [-0.2, -0.15) is 0 Å². The van der Waals surface area contributed by atoms with E-state index in [0.717, 1.165) is 30.9 Å². The van der Waals surface area contributed by atoms with Crippen LogP contribution in [0.2, 0.25) is 0 Å². The molecule has 1 saturated heterocycles. The first-order valence-corrected chi connectivity index (χ1v) is 8.99. The van der Waals surface area contributed by atoms with Crippen LogP contribution in [0.3, 0.4) is 0 Å². The summed E-state index contributed by atoms with van der Waals surface area (Å²) >= 11 is 0. The van der Waals surface area contributed by atoms with Gasteiger partial charge in [-0.1, -0.05) is 6.92 Å². The van der Waals surface area contributed by atoms with Crippen molar-refractivity contribution < 1.29 is 14.3 Å². The third-order valence-corrected chi connectivity index (χ3v) is 4.64. The van der Waals surface area contributed by atoms with Crippen LogP contribution < -0.4 is 14.8 Å². The van der Waals surface area contributed by atoms with Gasteiger partial charge in [0.05, 0.1) is 0 Å². The van der Waals surface area contributed by atoms with Crippen molar-refractivity contribution in [2.75, 3.05) is 31.6 Å². The summed E-state index contributed by atoms with van der Waals surface area (Å²) in [5, 5.41) is 11.4. The maximum atomic E-state index is 12.5. The Morgan fingerprint density at radius 1 is 1.15 bits per heavy atom. The molecule has 0 aliphatic carbocycles. The minimum Gasteiger partial charge on any atom is -0.486 e. The van der Waals surface area contributed by atoms with Crippen molar-refractivity contribution in [2.24, 2.45) is 5.92 Å². The number of aromatic nitrogens is 2. The predicted octanol–water partition coefficient (Wildman–Crippen LogP) is 2.86. The minimum atomic E-state index is -0.0464. The number of anilines is 2. The SMILES string of the molecule is CC1CCCN(C(=O)c2ccc(Nc3ccc4c(c3)OCCO4)nn2)C1. The molecule has 2 aliphatic rings. The third kappa shape index (κ3) is 3.56. The van der Waals surface area contributed by atoms with Crippen molar-refractivity contribution >= 4 is 17.4 Å². The molecule has 1 aromatic carbocycles. The zero-order valence-electron chi connectivity index (χ0n) is 14.8. The number of nitrogens with zero attached hydrogens (tertiary/aromatic N) is 3. The van der Waals surface area contributed by atoms with Crippen LogP contribution in [0.25, 0.3) is 0 Å². The number of rotatable bonds is 3. The minimum absolute atomic E-state index is 0.0464. The molecule has 7 nitrogen and oxygen atoms in total. The Bertz CT molecular complexity index is 794. The molecule has 1 amide bonds. The van der Waals surface area contributed by atoms with Gasteiger partial charge in [-0.05, 0) is 43.0 Å². The van der Waals surface area contributed by atoms with Crippen LogP contribution in [0.5, 0.6) is 11.5 Å². The fraction of sp³-hybridized carbons (Fsp3) is 0.421. The number of carbonyl (C=O) groups excluding carboxylic acids is 1. The van der Waals surface area contributed by atoms with Gasteiger partial charge >= 0.3 is 0 Å². The molecule has 0 radical (unpaired) electrons. The van der Waals surface area contributed by atoms with Gasteiger partial charge in [0.25, 0.3) is 5.91 Å². The molecule has 2 aromatic rings. The van der Waals surface area contributed by atoms with Gasteiger partial charge in [0.1, 0.15) is 13.2 Å². The number of ether oxygens (including phenoxy) is 2. The Morgan fingerprint density at radius 2 is 2.00 bits per heavy atom. The predicted molar refractivity (Wildman–Crippen MR) is 97.0 cm³/mol. The van der Waals surface area contributed by atoms with Gasteiger partial charge in [-0.15, -0.1) is 10.2 Å². The summed E-state index contributed by atoms with van der Waals surface area (Å²) in [6, 6.07) is 9.10. The lowest BCUT2D eigenvalue weighted by atomic mass is 10.00. The third-order valence-electron chi connectivity index (χ3n) is 4.64. The Hall–Kier alpha value is -2.83. The molecule has 4 rings (SSSR count). The van der Waals surface area contributed by atoms with Crippen LogP contribution in [0.1, 0.15) is 30.3 Å². The summed E-state index contributed by atoms with van der Waals surface area (Å²) in [5.41, 5.74) is 1.21. The number of likely N-dealkylation sites (tertiary alicyclic amines) is 1. The van der Waals surface area contributed by atoms with Crippen LogP contribution in [-0.4, -0.2) is 47.3 Å². The number of amides is 1. The standard InChI is InChI=1S/C19H22N4O3/c1-13-3-2-8-23(12-13)19(24)15-5-7-18(22-21-15)20-14-4-6-16-17(11-14)26-10-9-25-16/h4-7,11,13H,2-3,8-10,12H2,1H3,(H,20,22). The molecule has 136 valence electrons. The second kappa shape index (κ2) is 7.19. The van der Waals surface area contributed by atoms with Crippen molar-refractivity contribution in [3.8, 4) is 11.5 Å². The van der Waals surface area contributed by atoms with Gasteiger partial charge in [0.15, 0.2) is 23.0 Å². The first-order chi connectivity index (χ1) is 12.7. The van der Waals surface area contributed by atoms with Crippen LogP contribution >= 0.6 is 0 Å². The number of carbonyl (C=O) groups is 1. The maximum absolute atomic E-state index is 12.5. The zero-order chi connectivity index (χ0) is 17.9. The number of benzene rings is 1. The average molecular weight is 354 g/mol. The first-order valence-electron chi connectivity index (χ1n) is 8.99. The van der Waals surface area contributed by atoms with Crippen molar-refractivity contribution in [2.45, 2.75) is 19.8 Å². The van der Waals surface area contributed by atoms with Gasteiger partial charge in [-0.25, -0.2) is 0 Å². The number of fused-ring (bicyclic) bond motifs is 1. The van der Waals surface area contributed by atoms with E-state index in [1.807, 2.05) is 23.1 Å². The van der Waals surface area contributed by atoms with E-state index < -0.39 is 0 Å². The highest BCUT2D eigenvalue weighted by Gasteiger charge is 2.23. The molecule has 0 saturated carbocycles. The van der Waals surface area contributed by atoms with E-state index in [1.165, 1.54) is 6.42 Å². The summed E-state index contributed by atoms with van der Waals surface area (Å²) in [4.78, 5) is 14.4. The monoisotopic (exact) mass is 354 g/mol. The highest BCUT2D eigenvalue weighted by molar-refractivity contribution is 5.92. The molecule has 0 bridgehead atoms. The molecule has 0 spiro atoms. The smallest absolute Gasteiger partial charge is 0.274 e. The van der Waals surface area contributed by atoms with E-state index in [9.17, 15) is 4.79 Å². The second-order valence-corrected chi connectivity index (χ2v) is 6.79. The molecule has 1 N–H and O–H groups in total. The Morgan fingerprint density at radius 3 is 2.77 bits per heavy atom. The molecule has 7 heteroatoms. The molecule has 1 fully saturated rings.